The molecule has 3 aromatic carbocycles. The van der Waals surface area contributed by atoms with E-state index in [9.17, 15) is 9.90 Å². The zero-order valence-corrected chi connectivity index (χ0v) is 27.2. The Bertz CT molecular complexity index is 1960. The average molecular weight is 659 g/mol. The number of carbonyl (C=O) groups excluding carboxylic acids is 3. The van der Waals surface area contributed by atoms with Crippen LogP contribution in [0.3, 0.4) is 0 Å². The second-order valence-electron chi connectivity index (χ2n) is 13.3. The molecule has 5 heterocycles. The summed E-state index contributed by atoms with van der Waals surface area (Å²) in [6.45, 7) is 2.23. The topological polar surface area (TPSA) is 121 Å². The van der Waals surface area contributed by atoms with Gasteiger partial charge in [-0.25, -0.2) is 4.68 Å². The summed E-state index contributed by atoms with van der Waals surface area (Å²) in [4.78, 5) is 49.8. The molecule has 250 valence electrons. The molecule has 2 fully saturated rings. The standard InChI is InChI=1S/C38H38N6O5/c1-2-37-19-11-22-42(27-15-7-4-8-16-27)34(46)31(37)32-35(47)44(28(24-45)23-26-13-5-3-6-14-26)33-36(48)41(21-12-20-38(32,33)49-37)25-43-30-18-10-9-17-29(30)39-40-43/h3-20,28,31-33,45H,2,21-25H2,1H3/t28-,31-,32+,33?,37+,38+/m1/s1. The number of anilines is 1. The number of aliphatic hydroxyl groups is 1. The summed E-state index contributed by atoms with van der Waals surface area (Å²) in [5.41, 5.74) is 0.526. The van der Waals surface area contributed by atoms with Crippen LogP contribution in [-0.4, -0.2) is 90.6 Å². The lowest BCUT2D eigenvalue weighted by Gasteiger charge is -2.40. The van der Waals surface area contributed by atoms with E-state index in [-0.39, 0.29) is 37.5 Å². The monoisotopic (exact) mass is 658 g/mol. The molecule has 1 unspecified atom stereocenters. The Morgan fingerprint density at radius 3 is 2.33 bits per heavy atom. The van der Waals surface area contributed by atoms with Gasteiger partial charge in [-0.2, -0.15) is 0 Å². The number of aliphatic hydroxyl groups excluding tert-OH is 1. The van der Waals surface area contributed by atoms with Crippen LogP contribution in [0.5, 0.6) is 0 Å². The van der Waals surface area contributed by atoms with Gasteiger partial charge in [-0.1, -0.05) is 97.1 Å². The van der Waals surface area contributed by atoms with E-state index >= 15 is 9.59 Å². The summed E-state index contributed by atoms with van der Waals surface area (Å²) in [6, 6.07) is 24.7. The highest BCUT2D eigenvalue weighted by Crippen LogP contribution is 2.59. The van der Waals surface area contributed by atoms with Gasteiger partial charge in [0.15, 0.2) is 0 Å². The summed E-state index contributed by atoms with van der Waals surface area (Å²) in [5, 5.41) is 19.5. The van der Waals surface area contributed by atoms with E-state index in [1.54, 1.807) is 14.5 Å². The summed E-state index contributed by atoms with van der Waals surface area (Å²) >= 11 is 0. The average Bonchev–Trinajstić information content (AvgIpc) is 3.68. The Morgan fingerprint density at radius 1 is 0.857 bits per heavy atom. The van der Waals surface area contributed by atoms with Gasteiger partial charge < -0.3 is 24.5 Å². The summed E-state index contributed by atoms with van der Waals surface area (Å²) in [7, 11) is 0. The molecule has 4 aromatic rings. The number of nitrogens with zero attached hydrogens (tertiary/aromatic N) is 6. The minimum Gasteiger partial charge on any atom is -0.394 e. The third-order valence-corrected chi connectivity index (χ3v) is 10.7. The third kappa shape index (κ3) is 4.82. The van der Waals surface area contributed by atoms with Gasteiger partial charge in [0.05, 0.1) is 35.6 Å². The van der Waals surface area contributed by atoms with Crippen LogP contribution >= 0.6 is 0 Å². The quantitative estimate of drug-likeness (QED) is 0.289. The molecule has 8 rings (SSSR count). The number of hydrogen-bond donors (Lipinski definition) is 1. The van der Waals surface area contributed by atoms with Crippen LogP contribution in [-0.2, 0) is 32.2 Å². The van der Waals surface area contributed by atoms with Crippen LogP contribution in [0.1, 0.15) is 18.9 Å². The number of hydrogen-bond acceptors (Lipinski definition) is 7. The number of ether oxygens (including phenoxy) is 1. The van der Waals surface area contributed by atoms with Crippen molar-refractivity contribution in [2.45, 2.75) is 49.7 Å². The van der Waals surface area contributed by atoms with Crippen molar-refractivity contribution in [1.29, 1.82) is 0 Å². The summed E-state index contributed by atoms with van der Waals surface area (Å²) in [6.07, 6.45) is 8.31. The molecule has 11 nitrogen and oxygen atoms in total. The number of aromatic nitrogens is 3. The van der Waals surface area contributed by atoms with Crippen LogP contribution in [0.25, 0.3) is 11.0 Å². The second-order valence-corrected chi connectivity index (χ2v) is 13.3. The molecular weight excluding hydrogens is 620 g/mol. The zero-order valence-electron chi connectivity index (χ0n) is 27.2. The van der Waals surface area contributed by atoms with Crippen molar-refractivity contribution < 1.29 is 24.2 Å². The molecule has 0 bridgehead atoms. The molecule has 1 spiro atoms. The number of carbonyl (C=O) groups is 3. The Hall–Kier alpha value is -5.13. The first-order valence-corrected chi connectivity index (χ1v) is 16.9. The van der Waals surface area contributed by atoms with E-state index in [1.165, 1.54) is 4.90 Å². The first kappa shape index (κ1) is 31.2. The molecule has 11 heteroatoms. The first-order chi connectivity index (χ1) is 23.9. The van der Waals surface area contributed by atoms with Crippen LogP contribution in [0.2, 0.25) is 0 Å². The normalized spacial score (nSPS) is 28.4. The predicted molar refractivity (Wildman–Crippen MR) is 182 cm³/mol. The van der Waals surface area contributed by atoms with Crippen molar-refractivity contribution in [2.75, 3.05) is 24.6 Å². The van der Waals surface area contributed by atoms with Gasteiger partial charge in [0, 0.05) is 18.8 Å². The number of amides is 3. The summed E-state index contributed by atoms with van der Waals surface area (Å²) < 4.78 is 8.82. The van der Waals surface area contributed by atoms with Gasteiger partial charge in [0.25, 0.3) is 5.91 Å². The number of para-hydroxylation sites is 2. The molecule has 49 heavy (non-hydrogen) atoms. The largest absolute Gasteiger partial charge is 0.394 e. The van der Waals surface area contributed by atoms with E-state index < -0.39 is 35.1 Å². The zero-order chi connectivity index (χ0) is 33.8. The molecule has 3 amide bonds. The molecule has 4 aliphatic rings. The summed E-state index contributed by atoms with van der Waals surface area (Å²) in [5.74, 6) is -2.85. The van der Waals surface area contributed by atoms with Crippen molar-refractivity contribution in [3.05, 3.63) is 115 Å². The van der Waals surface area contributed by atoms with Crippen molar-refractivity contribution >= 4 is 34.4 Å². The molecule has 1 aromatic heterocycles. The second kappa shape index (κ2) is 12.1. The maximum absolute atomic E-state index is 15.1. The lowest BCUT2D eigenvalue weighted by molar-refractivity contribution is -0.156. The van der Waals surface area contributed by atoms with Crippen molar-refractivity contribution in [1.82, 2.24) is 24.8 Å². The molecule has 1 N–H and O–H groups in total. The smallest absolute Gasteiger partial charge is 0.250 e. The fourth-order valence-electron chi connectivity index (χ4n) is 8.43. The Morgan fingerprint density at radius 2 is 1.57 bits per heavy atom. The highest BCUT2D eigenvalue weighted by atomic mass is 16.5. The molecule has 2 saturated heterocycles. The van der Waals surface area contributed by atoms with Gasteiger partial charge in [0.1, 0.15) is 23.8 Å². The Balaban J connectivity index is 1.25. The van der Waals surface area contributed by atoms with Gasteiger partial charge in [-0.05, 0) is 42.7 Å². The number of rotatable bonds is 8. The van der Waals surface area contributed by atoms with E-state index in [0.29, 0.717) is 24.9 Å². The van der Waals surface area contributed by atoms with Gasteiger partial charge in [-0.3, -0.25) is 14.4 Å². The molecular formula is C38H38N6O5. The fraction of sp³-hybridized carbons (Fsp3) is 0.342. The van der Waals surface area contributed by atoms with Crippen molar-refractivity contribution in [2.24, 2.45) is 11.8 Å². The van der Waals surface area contributed by atoms with E-state index in [2.05, 4.69) is 10.3 Å². The molecule has 0 aliphatic carbocycles. The molecule has 6 atom stereocenters. The minimum absolute atomic E-state index is 0.0917. The molecule has 4 aliphatic heterocycles. The SMILES string of the molecule is CC[C@]12C=CCN(c3ccccc3)C(=O)[C@H]1[C@H]1C(=O)N([C@@H](CO)Cc3ccccc3)C3C(=O)N(Cn4nnc5ccccc54)CC=C[C@@]31O2. The maximum atomic E-state index is 15.1. The predicted octanol–water partition coefficient (Wildman–Crippen LogP) is 3.35. The van der Waals surface area contributed by atoms with Gasteiger partial charge in [-0.15, -0.1) is 5.10 Å². The number of benzene rings is 3. The van der Waals surface area contributed by atoms with Gasteiger partial charge in [0.2, 0.25) is 11.8 Å². The number of fused-ring (bicyclic) bond motifs is 3. The Kier molecular flexibility index (Phi) is 7.68. The van der Waals surface area contributed by atoms with Crippen LogP contribution in [0.15, 0.2) is 109 Å². The minimum atomic E-state index is -1.46. The van der Waals surface area contributed by atoms with Crippen LogP contribution < -0.4 is 4.90 Å². The number of likely N-dealkylation sites (tertiary alicyclic amines) is 1. The van der Waals surface area contributed by atoms with Crippen LogP contribution in [0, 0.1) is 11.8 Å². The highest BCUT2D eigenvalue weighted by Gasteiger charge is 2.76. The van der Waals surface area contributed by atoms with Crippen molar-refractivity contribution in [3.63, 3.8) is 0 Å². The lowest BCUT2D eigenvalue weighted by atomic mass is 9.73. The van der Waals surface area contributed by atoms with E-state index in [0.717, 1.165) is 16.8 Å². The maximum Gasteiger partial charge on any atom is 0.250 e. The van der Waals surface area contributed by atoms with Gasteiger partial charge >= 0.3 is 0 Å². The first-order valence-electron chi connectivity index (χ1n) is 16.9. The van der Waals surface area contributed by atoms with E-state index in [1.807, 2.05) is 116 Å². The van der Waals surface area contributed by atoms with Crippen LogP contribution in [0.4, 0.5) is 5.69 Å². The third-order valence-electron chi connectivity index (χ3n) is 10.7. The lowest BCUT2D eigenvalue weighted by Crippen LogP contribution is -2.59. The highest BCUT2D eigenvalue weighted by molar-refractivity contribution is 6.04. The molecule has 0 radical (unpaired) electrons. The van der Waals surface area contributed by atoms with Crippen molar-refractivity contribution in [3.8, 4) is 0 Å². The molecule has 0 saturated carbocycles. The van der Waals surface area contributed by atoms with E-state index in [4.69, 9.17) is 4.74 Å². The fourth-order valence-corrected chi connectivity index (χ4v) is 8.43. The Labute approximate surface area is 284 Å².